The van der Waals surface area contributed by atoms with Crippen molar-refractivity contribution in [3.05, 3.63) is 17.6 Å². The highest BCUT2D eigenvalue weighted by Crippen LogP contribution is 2.29. The lowest BCUT2D eigenvalue weighted by Gasteiger charge is -2.22. The number of nitrogens with zero attached hydrogens (tertiary/aromatic N) is 2. The molecule has 0 radical (unpaired) electrons. The van der Waals surface area contributed by atoms with Crippen LogP contribution in [0, 0.1) is 0 Å². The highest BCUT2D eigenvalue weighted by Gasteiger charge is 2.27. The Morgan fingerprint density at radius 2 is 2.00 bits per heavy atom. The summed E-state index contributed by atoms with van der Waals surface area (Å²) in [5, 5.41) is 0. The summed E-state index contributed by atoms with van der Waals surface area (Å²) in [5.74, 6) is 0.789. The van der Waals surface area contributed by atoms with Gasteiger partial charge in [-0.1, -0.05) is 0 Å². The molecule has 0 amide bonds. The summed E-state index contributed by atoms with van der Waals surface area (Å²) in [5.41, 5.74) is 8.43. The molecule has 2 aliphatic carbocycles. The molecular weight excluding hydrogens is 214 g/mol. The first-order valence-corrected chi connectivity index (χ1v) is 6.59. The van der Waals surface area contributed by atoms with E-state index in [1.54, 1.807) is 6.33 Å². The number of hydrogen-bond donors (Lipinski definition) is 1. The molecule has 2 aliphatic rings. The Labute approximate surface area is 102 Å². The van der Waals surface area contributed by atoms with Gasteiger partial charge in [0.15, 0.2) is 0 Å². The molecular formula is C13H19N3O. The predicted octanol–water partition coefficient (Wildman–Crippen LogP) is 1.61. The number of ether oxygens (including phenoxy) is 1. The SMILES string of the molecule is NC1CCCC1Oc1ncnc2c1CCCC2. The van der Waals surface area contributed by atoms with E-state index in [4.69, 9.17) is 10.5 Å². The molecule has 0 aliphatic heterocycles. The van der Waals surface area contributed by atoms with Gasteiger partial charge in [0.1, 0.15) is 12.4 Å². The summed E-state index contributed by atoms with van der Waals surface area (Å²) >= 11 is 0. The molecule has 4 heteroatoms. The van der Waals surface area contributed by atoms with Crippen molar-refractivity contribution in [3.63, 3.8) is 0 Å². The van der Waals surface area contributed by atoms with E-state index in [9.17, 15) is 0 Å². The van der Waals surface area contributed by atoms with Crippen LogP contribution in [0.15, 0.2) is 6.33 Å². The summed E-state index contributed by atoms with van der Waals surface area (Å²) in [6, 6.07) is 0.171. The molecule has 3 rings (SSSR count). The van der Waals surface area contributed by atoms with E-state index in [2.05, 4.69) is 9.97 Å². The van der Waals surface area contributed by atoms with E-state index in [-0.39, 0.29) is 12.1 Å². The van der Waals surface area contributed by atoms with Crippen molar-refractivity contribution in [3.8, 4) is 5.88 Å². The summed E-state index contributed by atoms with van der Waals surface area (Å²) in [6.45, 7) is 0. The van der Waals surface area contributed by atoms with Crippen molar-refractivity contribution in [1.29, 1.82) is 0 Å². The lowest BCUT2D eigenvalue weighted by Crippen LogP contribution is -2.34. The molecule has 1 aromatic rings. The van der Waals surface area contributed by atoms with Crippen molar-refractivity contribution >= 4 is 0 Å². The van der Waals surface area contributed by atoms with Gasteiger partial charge in [-0.2, -0.15) is 0 Å². The number of aryl methyl sites for hydroxylation is 1. The Morgan fingerprint density at radius 1 is 1.12 bits per heavy atom. The fraction of sp³-hybridized carbons (Fsp3) is 0.692. The molecule has 2 unspecified atom stereocenters. The fourth-order valence-corrected chi connectivity index (χ4v) is 2.84. The van der Waals surface area contributed by atoms with E-state index in [1.807, 2.05) is 0 Å². The van der Waals surface area contributed by atoms with Gasteiger partial charge >= 0.3 is 0 Å². The molecule has 4 nitrogen and oxygen atoms in total. The van der Waals surface area contributed by atoms with Gasteiger partial charge in [0, 0.05) is 11.6 Å². The topological polar surface area (TPSA) is 61.0 Å². The van der Waals surface area contributed by atoms with Gasteiger partial charge in [-0.3, -0.25) is 0 Å². The van der Waals surface area contributed by atoms with Crippen molar-refractivity contribution < 1.29 is 4.74 Å². The van der Waals surface area contributed by atoms with Crippen LogP contribution in [0.2, 0.25) is 0 Å². The maximum Gasteiger partial charge on any atom is 0.220 e. The summed E-state index contributed by atoms with van der Waals surface area (Å²) in [7, 11) is 0. The van der Waals surface area contributed by atoms with Crippen molar-refractivity contribution in [2.45, 2.75) is 57.1 Å². The molecule has 1 heterocycles. The van der Waals surface area contributed by atoms with Crippen molar-refractivity contribution in [1.82, 2.24) is 9.97 Å². The minimum absolute atomic E-state index is 0.149. The zero-order chi connectivity index (χ0) is 11.7. The Bertz CT molecular complexity index is 408. The molecule has 0 aromatic carbocycles. The first kappa shape index (κ1) is 11.0. The number of hydrogen-bond acceptors (Lipinski definition) is 4. The quantitative estimate of drug-likeness (QED) is 0.843. The van der Waals surface area contributed by atoms with Gasteiger partial charge in [-0.15, -0.1) is 0 Å². The highest BCUT2D eigenvalue weighted by atomic mass is 16.5. The van der Waals surface area contributed by atoms with Gasteiger partial charge in [0.2, 0.25) is 5.88 Å². The second-order valence-corrected chi connectivity index (χ2v) is 5.06. The van der Waals surface area contributed by atoms with E-state index in [0.717, 1.165) is 31.6 Å². The molecule has 17 heavy (non-hydrogen) atoms. The normalized spacial score (nSPS) is 27.8. The van der Waals surface area contributed by atoms with Crippen LogP contribution in [-0.2, 0) is 12.8 Å². The smallest absolute Gasteiger partial charge is 0.220 e. The number of aromatic nitrogens is 2. The molecule has 0 saturated heterocycles. The Hall–Kier alpha value is -1.16. The average Bonchev–Trinajstić information content (AvgIpc) is 2.76. The van der Waals surface area contributed by atoms with Crippen LogP contribution in [0.1, 0.15) is 43.4 Å². The monoisotopic (exact) mass is 233 g/mol. The second kappa shape index (κ2) is 4.61. The minimum Gasteiger partial charge on any atom is -0.472 e. The molecule has 2 N–H and O–H groups in total. The number of nitrogens with two attached hydrogens (primary N) is 1. The predicted molar refractivity (Wildman–Crippen MR) is 64.9 cm³/mol. The van der Waals surface area contributed by atoms with E-state index in [0.29, 0.717) is 0 Å². The van der Waals surface area contributed by atoms with Gasteiger partial charge in [0.25, 0.3) is 0 Å². The zero-order valence-electron chi connectivity index (χ0n) is 10.1. The number of fused-ring (bicyclic) bond motifs is 1. The van der Waals surface area contributed by atoms with E-state index >= 15 is 0 Å². The molecule has 0 spiro atoms. The Balaban J connectivity index is 1.82. The third-order valence-electron chi connectivity index (χ3n) is 3.85. The number of rotatable bonds is 2. The molecule has 0 bridgehead atoms. The fourth-order valence-electron chi connectivity index (χ4n) is 2.84. The van der Waals surface area contributed by atoms with Gasteiger partial charge < -0.3 is 10.5 Å². The van der Waals surface area contributed by atoms with Gasteiger partial charge in [0.05, 0.1) is 5.69 Å². The molecule has 2 atom stereocenters. The lowest BCUT2D eigenvalue weighted by atomic mass is 9.97. The maximum atomic E-state index is 6.03. The molecule has 1 aromatic heterocycles. The van der Waals surface area contributed by atoms with Crippen LogP contribution in [0.4, 0.5) is 0 Å². The average molecular weight is 233 g/mol. The second-order valence-electron chi connectivity index (χ2n) is 5.06. The zero-order valence-corrected chi connectivity index (χ0v) is 10.1. The van der Waals surface area contributed by atoms with Crippen LogP contribution in [0.5, 0.6) is 5.88 Å². The van der Waals surface area contributed by atoms with Crippen LogP contribution in [-0.4, -0.2) is 22.1 Å². The Kier molecular flexibility index (Phi) is 2.97. The van der Waals surface area contributed by atoms with Crippen molar-refractivity contribution in [2.75, 3.05) is 0 Å². The third-order valence-corrected chi connectivity index (χ3v) is 3.85. The first-order chi connectivity index (χ1) is 8.34. The van der Waals surface area contributed by atoms with E-state index < -0.39 is 0 Å². The van der Waals surface area contributed by atoms with Gasteiger partial charge in [-0.25, -0.2) is 9.97 Å². The maximum absolute atomic E-state index is 6.03. The lowest BCUT2D eigenvalue weighted by molar-refractivity contribution is 0.180. The Morgan fingerprint density at radius 3 is 2.82 bits per heavy atom. The molecule has 1 fully saturated rings. The van der Waals surface area contributed by atoms with E-state index in [1.165, 1.54) is 30.5 Å². The summed E-state index contributed by atoms with van der Waals surface area (Å²) in [4.78, 5) is 8.65. The summed E-state index contributed by atoms with van der Waals surface area (Å²) < 4.78 is 6.01. The van der Waals surface area contributed by atoms with Crippen LogP contribution in [0.3, 0.4) is 0 Å². The third kappa shape index (κ3) is 2.14. The van der Waals surface area contributed by atoms with Crippen LogP contribution < -0.4 is 10.5 Å². The van der Waals surface area contributed by atoms with Crippen LogP contribution in [0.25, 0.3) is 0 Å². The highest BCUT2D eigenvalue weighted by molar-refractivity contribution is 5.32. The molecule has 92 valence electrons. The van der Waals surface area contributed by atoms with Gasteiger partial charge in [-0.05, 0) is 44.9 Å². The largest absolute Gasteiger partial charge is 0.472 e. The minimum atomic E-state index is 0.149. The standard InChI is InChI=1S/C13H19N3O/c14-10-5-3-7-12(10)17-13-9-4-1-2-6-11(9)15-8-16-13/h8,10,12H,1-7,14H2. The van der Waals surface area contributed by atoms with Crippen LogP contribution >= 0.6 is 0 Å². The van der Waals surface area contributed by atoms with Crippen molar-refractivity contribution in [2.24, 2.45) is 5.73 Å². The summed E-state index contributed by atoms with van der Waals surface area (Å²) in [6.07, 6.45) is 9.62. The molecule has 1 saturated carbocycles. The first-order valence-electron chi connectivity index (χ1n) is 6.59.